The summed E-state index contributed by atoms with van der Waals surface area (Å²) < 4.78 is 15.6. The molecule has 0 atom stereocenters. The summed E-state index contributed by atoms with van der Waals surface area (Å²) in [6.07, 6.45) is 0. The van der Waals surface area contributed by atoms with Crippen molar-refractivity contribution in [2.24, 2.45) is 0 Å². The molecule has 3 aromatic carbocycles. The molecule has 0 radical (unpaired) electrons. The van der Waals surface area contributed by atoms with E-state index >= 15 is 0 Å². The van der Waals surface area contributed by atoms with Gasteiger partial charge in [0.05, 0.1) is 11.3 Å². The highest BCUT2D eigenvalue weighted by Gasteiger charge is 2.18. The number of hydrogen-bond donors (Lipinski definition) is 2. The zero-order valence-electron chi connectivity index (χ0n) is 18.6. The Labute approximate surface area is 200 Å². The lowest BCUT2D eigenvalue weighted by molar-refractivity contribution is -0.119. The molecular formula is C25H22FN5O2S. The average Bonchev–Trinajstić information content (AvgIpc) is 3.26. The van der Waals surface area contributed by atoms with E-state index in [-0.39, 0.29) is 11.3 Å². The molecule has 7 nitrogen and oxygen atoms in total. The summed E-state index contributed by atoms with van der Waals surface area (Å²) in [6, 6.07) is 21.4. The van der Waals surface area contributed by atoms with Gasteiger partial charge in [0.15, 0.2) is 11.0 Å². The maximum absolute atomic E-state index is 13.7. The minimum absolute atomic E-state index is 0.0323. The van der Waals surface area contributed by atoms with Crippen molar-refractivity contribution in [1.29, 1.82) is 0 Å². The second kappa shape index (κ2) is 10.3. The fourth-order valence-electron chi connectivity index (χ4n) is 3.18. The molecule has 0 bridgehead atoms. The summed E-state index contributed by atoms with van der Waals surface area (Å²) >= 11 is 1.18. The molecule has 1 aromatic heterocycles. The number of thioether (sulfide) groups is 1. The number of carbonyl (C=O) groups excluding carboxylic acids is 2. The van der Waals surface area contributed by atoms with E-state index in [9.17, 15) is 14.0 Å². The Balaban J connectivity index is 1.49. The van der Waals surface area contributed by atoms with E-state index in [0.717, 1.165) is 22.4 Å². The first-order valence-corrected chi connectivity index (χ1v) is 11.5. The third kappa shape index (κ3) is 5.32. The van der Waals surface area contributed by atoms with Crippen molar-refractivity contribution in [2.75, 3.05) is 5.75 Å². The number of amides is 2. The number of hydrogen-bond acceptors (Lipinski definition) is 5. The van der Waals surface area contributed by atoms with Crippen molar-refractivity contribution in [3.05, 3.63) is 95.3 Å². The predicted octanol–water partition coefficient (Wildman–Crippen LogP) is 4.24. The van der Waals surface area contributed by atoms with Crippen LogP contribution < -0.4 is 10.9 Å². The highest BCUT2D eigenvalue weighted by molar-refractivity contribution is 7.99. The number of benzene rings is 3. The van der Waals surface area contributed by atoms with Crippen LogP contribution in [0.3, 0.4) is 0 Å². The molecule has 0 fully saturated rings. The highest BCUT2D eigenvalue weighted by atomic mass is 32.2. The van der Waals surface area contributed by atoms with Gasteiger partial charge in [0.2, 0.25) is 5.91 Å². The third-order valence-corrected chi connectivity index (χ3v) is 5.93. The van der Waals surface area contributed by atoms with Crippen LogP contribution in [-0.4, -0.2) is 32.3 Å². The van der Waals surface area contributed by atoms with E-state index in [1.165, 1.54) is 30.0 Å². The molecule has 4 rings (SSSR count). The summed E-state index contributed by atoms with van der Waals surface area (Å²) in [5.74, 6) is -1.25. The largest absolute Gasteiger partial charge is 0.272 e. The molecular weight excluding hydrogens is 453 g/mol. The molecule has 2 amide bonds. The third-order valence-electron chi connectivity index (χ3n) is 5.00. The van der Waals surface area contributed by atoms with Crippen LogP contribution in [0.4, 0.5) is 4.39 Å². The molecule has 0 saturated carbocycles. The molecule has 0 aliphatic carbocycles. The van der Waals surface area contributed by atoms with Crippen LogP contribution in [0.15, 0.2) is 78.0 Å². The van der Waals surface area contributed by atoms with Crippen LogP contribution in [0.25, 0.3) is 17.1 Å². The lowest BCUT2D eigenvalue weighted by atomic mass is 10.1. The van der Waals surface area contributed by atoms with Crippen molar-refractivity contribution in [3.63, 3.8) is 0 Å². The standard InChI is InChI=1S/C25H22FN5O2S/c1-16-7-11-18(12-8-16)23-28-30-25(31(23)19-13-9-17(2)10-14-19)34-15-22(32)27-29-24(33)20-5-3-4-6-21(20)26/h3-14H,15H2,1-2H3,(H,27,32)(H,29,33). The van der Waals surface area contributed by atoms with Gasteiger partial charge < -0.3 is 0 Å². The molecule has 0 spiro atoms. The monoisotopic (exact) mass is 475 g/mol. The topological polar surface area (TPSA) is 88.9 Å². The summed E-state index contributed by atoms with van der Waals surface area (Å²) in [6.45, 7) is 4.02. The van der Waals surface area contributed by atoms with Gasteiger partial charge >= 0.3 is 0 Å². The van der Waals surface area contributed by atoms with Gasteiger partial charge in [-0.2, -0.15) is 0 Å². The molecule has 34 heavy (non-hydrogen) atoms. The second-order valence-electron chi connectivity index (χ2n) is 7.61. The number of carbonyl (C=O) groups is 2. The fraction of sp³-hybridized carbons (Fsp3) is 0.120. The van der Waals surface area contributed by atoms with Gasteiger partial charge in [-0.25, -0.2) is 4.39 Å². The Hall–Kier alpha value is -3.98. The number of aryl methyl sites for hydroxylation is 2. The van der Waals surface area contributed by atoms with Crippen LogP contribution in [0.5, 0.6) is 0 Å². The highest BCUT2D eigenvalue weighted by Crippen LogP contribution is 2.28. The van der Waals surface area contributed by atoms with Crippen LogP contribution in [-0.2, 0) is 4.79 Å². The summed E-state index contributed by atoms with van der Waals surface area (Å²) in [7, 11) is 0. The van der Waals surface area contributed by atoms with Gasteiger partial charge in [-0.05, 0) is 38.1 Å². The lowest BCUT2D eigenvalue weighted by Crippen LogP contribution is -2.42. The maximum Gasteiger partial charge on any atom is 0.272 e. The molecule has 4 aromatic rings. The van der Waals surface area contributed by atoms with Crippen molar-refractivity contribution in [3.8, 4) is 17.1 Å². The fourth-order valence-corrected chi connectivity index (χ4v) is 3.94. The van der Waals surface area contributed by atoms with Gasteiger partial charge in [-0.3, -0.25) is 25.0 Å². The average molecular weight is 476 g/mol. The van der Waals surface area contributed by atoms with E-state index in [2.05, 4.69) is 21.0 Å². The van der Waals surface area contributed by atoms with Crippen molar-refractivity contribution < 1.29 is 14.0 Å². The predicted molar refractivity (Wildman–Crippen MR) is 129 cm³/mol. The van der Waals surface area contributed by atoms with Gasteiger partial charge in [-0.1, -0.05) is 71.4 Å². The first kappa shape index (κ1) is 23.2. The number of nitrogens with zero attached hydrogens (tertiary/aromatic N) is 3. The Morgan fingerprint density at radius 3 is 2.21 bits per heavy atom. The lowest BCUT2D eigenvalue weighted by Gasteiger charge is -2.11. The molecule has 9 heteroatoms. The number of rotatable bonds is 6. The van der Waals surface area contributed by atoms with E-state index in [1.54, 1.807) is 6.07 Å². The molecule has 0 aliphatic rings. The maximum atomic E-state index is 13.7. The quantitative estimate of drug-likeness (QED) is 0.322. The first-order valence-electron chi connectivity index (χ1n) is 10.5. The zero-order chi connectivity index (χ0) is 24.1. The van der Waals surface area contributed by atoms with E-state index in [1.807, 2.05) is 66.9 Å². The minimum Gasteiger partial charge on any atom is -0.272 e. The van der Waals surface area contributed by atoms with Crippen LogP contribution >= 0.6 is 11.8 Å². The smallest absolute Gasteiger partial charge is 0.272 e. The zero-order valence-corrected chi connectivity index (χ0v) is 19.4. The van der Waals surface area contributed by atoms with Crippen LogP contribution in [0.2, 0.25) is 0 Å². The first-order chi connectivity index (χ1) is 16.4. The Bertz CT molecular complexity index is 1320. The number of hydrazine groups is 1. The van der Waals surface area contributed by atoms with Gasteiger partial charge in [-0.15, -0.1) is 10.2 Å². The summed E-state index contributed by atoms with van der Waals surface area (Å²) in [4.78, 5) is 24.4. The van der Waals surface area contributed by atoms with E-state index in [4.69, 9.17) is 0 Å². The molecule has 0 saturated heterocycles. The Kier molecular flexibility index (Phi) is 7.03. The van der Waals surface area contributed by atoms with Crippen molar-refractivity contribution in [2.45, 2.75) is 19.0 Å². The molecule has 0 aliphatic heterocycles. The molecule has 1 heterocycles. The Morgan fingerprint density at radius 1 is 0.882 bits per heavy atom. The van der Waals surface area contributed by atoms with Crippen molar-refractivity contribution in [1.82, 2.24) is 25.6 Å². The molecule has 0 unspecified atom stereocenters. The summed E-state index contributed by atoms with van der Waals surface area (Å²) in [5.41, 5.74) is 8.39. The van der Waals surface area contributed by atoms with E-state index < -0.39 is 17.6 Å². The molecule has 2 N–H and O–H groups in total. The van der Waals surface area contributed by atoms with Crippen molar-refractivity contribution >= 4 is 23.6 Å². The van der Waals surface area contributed by atoms with Crippen LogP contribution in [0.1, 0.15) is 21.5 Å². The van der Waals surface area contributed by atoms with Gasteiger partial charge in [0.25, 0.3) is 5.91 Å². The van der Waals surface area contributed by atoms with E-state index in [0.29, 0.717) is 11.0 Å². The number of halogens is 1. The number of nitrogens with one attached hydrogen (secondary N) is 2. The summed E-state index contributed by atoms with van der Waals surface area (Å²) in [5, 5.41) is 9.19. The number of aromatic nitrogens is 3. The van der Waals surface area contributed by atoms with Gasteiger partial charge in [0.1, 0.15) is 5.82 Å². The minimum atomic E-state index is -0.735. The normalized spacial score (nSPS) is 10.7. The SMILES string of the molecule is Cc1ccc(-c2nnc(SCC(=O)NNC(=O)c3ccccc3F)n2-c2ccc(C)cc2)cc1. The van der Waals surface area contributed by atoms with Crippen LogP contribution in [0, 0.1) is 19.7 Å². The molecule has 172 valence electrons. The van der Waals surface area contributed by atoms with Gasteiger partial charge in [0, 0.05) is 11.3 Å². The second-order valence-corrected chi connectivity index (χ2v) is 8.56. The Morgan fingerprint density at radius 2 is 1.53 bits per heavy atom.